The number of hydrogen-bond donors (Lipinski definition) is 4. The number of carbonyl (C=O) groups excluding carboxylic acids is 3. The van der Waals surface area contributed by atoms with Gasteiger partial charge in [-0.05, 0) is 31.9 Å². The van der Waals surface area contributed by atoms with Crippen LogP contribution >= 0.6 is 0 Å². The Kier molecular flexibility index (Phi) is 8.40. The average Bonchev–Trinajstić information content (AvgIpc) is 3.45. The molecule has 3 atom stereocenters. The van der Waals surface area contributed by atoms with Gasteiger partial charge < -0.3 is 30.1 Å². The summed E-state index contributed by atoms with van der Waals surface area (Å²) in [6, 6.07) is 2.28. The molecule has 1 aliphatic rings. The third-order valence-electron chi connectivity index (χ3n) is 5.53. The normalized spacial score (nSPS) is 16.7. The number of nitrogens with zero attached hydrogens (tertiary/aromatic N) is 2. The minimum absolute atomic E-state index is 0.0239. The molecule has 3 rings (SSSR count). The van der Waals surface area contributed by atoms with E-state index < -0.39 is 41.3 Å². The van der Waals surface area contributed by atoms with Crippen LogP contribution in [0.2, 0.25) is 0 Å². The second kappa shape index (κ2) is 11.7. The van der Waals surface area contributed by atoms with E-state index in [1.807, 2.05) is 0 Å². The number of anilines is 1. The Labute approximate surface area is 205 Å². The van der Waals surface area contributed by atoms with Gasteiger partial charge in [0.05, 0.1) is 0 Å². The maximum Gasteiger partial charge on any atom is 0.328 e. The number of aromatic nitrogens is 2. The Morgan fingerprint density at radius 3 is 2.81 bits per heavy atom. The smallest absolute Gasteiger partial charge is 0.328 e. The maximum atomic E-state index is 13.2. The van der Waals surface area contributed by atoms with Gasteiger partial charge in [0.2, 0.25) is 11.8 Å². The highest BCUT2D eigenvalue weighted by Crippen LogP contribution is 2.18. The zero-order chi connectivity index (χ0) is 26.2. The fourth-order valence-electron chi connectivity index (χ4n) is 3.78. The molecule has 12 heteroatoms. The number of terminal acetylenes is 1. The molecular formula is C24H25N5O7. The SMILES string of the molecule is C#CC[C@@H](C(=O)N[C@H](C=CC(=O)O)C[C@@H]1CCNC1=O)n1cccc(NC(=O)c2cc(C)on2)c1=O. The molecular weight excluding hydrogens is 470 g/mol. The van der Waals surface area contributed by atoms with Crippen LogP contribution in [0.5, 0.6) is 0 Å². The minimum Gasteiger partial charge on any atom is -0.478 e. The van der Waals surface area contributed by atoms with Crippen LogP contribution in [-0.4, -0.2) is 51.1 Å². The number of hydrogen-bond acceptors (Lipinski definition) is 7. The summed E-state index contributed by atoms with van der Waals surface area (Å²) < 4.78 is 5.95. The Bertz CT molecular complexity index is 1290. The van der Waals surface area contributed by atoms with E-state index in [1.165, 1.54) is 30.5 Å². The fraction of sp³-hybridized carbons (Fsp3) is 0.333. The highest BCUT2D eigenvalue weighted by molar-refractivity contribution is 6.02. The van der Waals surface area contributed by atoms with Crippen molar-refractivity contribution >= 4 is 29.4 Å². The van der Waals surface area contributed by atoms with E-state index in [-0.39, 0.29) is 30.1 Å². The van der Waals surface area contributed by atoms with Crippen molar-refractivity contribution in [3.8, 4) is 12.3 Å². The van der Waals surface area contributed by atoms with E-state index in [4.69, 9.17) is 16.1 Å². The van der Waals surface area contributed by atoms with Crippen molar-refractivity contribution in [3.05, 3.63) is 58.4 Å². The van der Waals surface area contributed by atoms with Gasteiger partial charge in [0.1, 0.15) is 17.5 Å². The molecule has 0 spiro atoms. The molecule has 3 amide bonds. The van der Waals surface area contributed by atoms with Gasteiger partial charge in [0, 0.05) is 43.3 Å². The summed E-state index contributed by atoms with van der Waals surface area (Å²) in [4.78, 5) is 61.7. The quantitative estimate of drug-likeness (QED) is 0.274. The van der Waals surface area contributed by atoms with E-state index in [0.717, 1.165) is 10.6 Å². The van der Waals surface area contributed by atoms with E-state index in [2.05, 4.69) is 27.0 Å². The minimum atomic E-state index is -1.22. The Hall–Kier alpha value is -4.66. The molecule has 12 nitrogen and oxygen atoms in total. The van der Waals surface area contributed by atoms with Gasteiger partial charge in [-0.25, -0.2) is 4.79 Å². The van der Waals surface area contributed by atoms with E-state index in [1.54, 1.807) is 6.92 Å². The number of nitrogens with one attached hydrogen (secondary N) is 3. The van der Waals surface area contributed by atoms with Crippen LogP contribution < -0.4 is 21.5 Å². The van der Waals surface area contributed by atoms with Gasteiger partial charge in [-0.2, -0.15) is 0 Å². The predicted octanol–water partition coefficient (Wildman–Crippen LogP) is 0.613. The summed E-state index contributed by atoms with van der Waals surface area (Å²) in [6.07, 6.45) is 9.52. The standard InChI is InChI=1S/C24H25N5O7/c1-3-5-19(23(34)26-16(7-8-20(30)31)13-15-9-10-25-21(15)32)29-11-4-6-17(24(29)35)27-22(33)18-12-14(2)36-28-18/h1,4,6-8,11-12,15-16,19H,5,9-10,13H2,2H3,(H,25,32)(H,26,34)(H,27,33)(H,30,31)/t15-,16+,19-/m0/s1. The average molecular weight is 495 g/mol. The first kappa shape index (κ1) is 26.0. The molecule has 188 valence electrons. The van der Waals surface area contributed by atoms with Gasteiger partial charge in [-0.1, -0.05) is 11.2 Å². The molecule has 1 saturated heterocycles. The lowest BCUT2D eigenvalue weighted by Gasteiger charge is -2.23. The molecule has 0 aromatic carbocycles. The zero-order valence-corrected chi connectivity index (χ0v) is 19.4. The first-order valence-corrected chi connectivity index (χ1v) is 11.1. The first-order valence-electron chi connectivity index (χ1n) is 11.1. The number of carbonyl (C=O) groups is 4. The summed E-state index contributed by atoms with van der Waals surface area (Å²) in [5, 5.41) is 20.4. The third-order valence-corrected chi connectivity index (χ3v) is 5.53. The van der Waals surface area contributed by atoms with Gasteiger partial charge >= 0.3 is 5.97 Å². The Morgan fingerprint density at radius 2 is 2.19 bits per heavy atom. The van der Waals surface area contributed by atoms with Crippen molar-refractivity contribution in [2.24, 2.45) is 5.92 Å². The molecule has 36 heavy (non-hydrogen) atoms. The lowest BCUT2D eigenvalue weighted by Crippen LogP contribution is -2.43. The van der Waals surface area contributed by atoms with Crippen LogP contribution in [0.15, 0.2) is 45.9 Å². The lowest BCUT2D eigenvalue weighted by atomic mass is 9.97. The number of carboxylic acid groups (broad SMARTS) is 1. The summed E-state index contributed by atoms with van der Waals surface area (Å²) >= 11 is 0. The topological polar surface area (TPSA) is 173 Å². The maximum absolute atomic E-state index is 13.2. The number of pyridine rings is 1. The Balaban J connectivity index is 1.83. The molecule has 4 N–H and O–H groups in total. The van der Waals surface area contributed by atoms with Crippen LogP contribution in [0.3, 0.4) is 0 Å². The van der Waals surface area contributed by atoms with Gasteiger partial charge in [-0.15, -0.1) is 12.3 Å². The summed E-state index contributed by atoms with van der Waals surface area (Å²) in [7, 11) is 0. The van der Waals surface area contributed by atoms with Crippen LogP contribution in [0.4, 0.5) is 5.69 Å². The summed E-state index contributed by atoms with van der Waals surface area (Å²) in [5.74, 6) is -0.344. The van der Waals surface area contributed by atoms with Crippen LogP contribution in [0.25, 0.3) is 0 Å². The van der Waals surface area contributed by atoms with Gasteiger partial charge in [0.25, 0.3) is 11.5 Å². The highest BCUT2D eigenvalue weighted by Gasteiger charge is 2.29. The molecule has 2 aromatic rings. The van der Waals surface area contributed by atoms with Crippen molar-refractivity contribution in [2.75, 3.05) is 11.9 Å². The van der Waals surface area contributed by atoms with Gasteiger partial charge in [0.15, 0.2) is 5.69 Å². The van der Waals surface area contributed by atoms with Crippen molar-refractivity contribution in [1.29, 1.82) is 0 Å². The second-order valence-electron chi connectivity index (χ2n) is 8.16. The second-order valence-corrected chi connectivity index (χ2v) is 8.16. The van der Waals surface area contributed by atoms with E-state index in [0.29, 0.717) is 18.7 Å². The van der Waals surface area contributed by atoms with Crippen LogP contribution in [0, 0.1) is 25.2 Å². The zero-order valence-electron chi connectivity index (χ0n) is 19.4. The van der Waals surface area contributed by atoms with Crippen molar-refractivity contribution < 1.29 is 28.8 Å². The number of carboxylic acids is 1. The fourth-order valence-corrected chi connectivity index (χ4v) is 3.78. The predicted molar refractivity (Wildman–Crippen MR) is 127 cm³/mol. The summed E-state index contributed by atoms with van der Waals surface area (Å²) in [5.41, 5.74) is -0.818. The van der Waals surface area contributed by atoms with Crippen molar-refractivity contribution in [2.45, 2.75) is 38.3 Å². The Morgan fingerprint density at radius 1 is 1.42 bits per heavy atom. The largest absolute Gasteiger partial charge is 0.478 e. The molecule has 0 bridgehead atoms. The number of amides is 3. The van der Waals surface area contributed by atoms with Gasteiger partial charge in [-0.3, -0.25) is 19.2 Å². The van der Waals surface area contributed by atoms with Crippen LogP contribution in [0.1, 0.15) is 41.6 Å². The first-order chi connectivity index (χ1) is 17.2. The molecule has 0 saturated carbocycles. The molecule has 1 aliphatic heterocycles. The molecule has 2 aromatic heterocycles. The molecule has 1 fully saturated rings. The number of aliphatic carboxylic acids is 1. The number of aryl methyl sites for hydroxylation is 1. The highest BCUT2D eigenvalue weighted by atomic mass is 16.5. The van der Waals surface area contributed by atoms with E-state index >= 15 is 0 Å². The van der Waals surface area contributed by atoms with Crippen molar-refractivity contribution in [1.82, 2.24) is 20.4 Å². The van der Waals surface area contributed by atoms with Crippen molar-refractivity contribution in [3.63, 3.8) is 0 Å². The lowest BCUT2D eigenvalue weighted by molar-refractivity contribution is -0.131. The molecule has 0 radical (unpaired) electrons. The molecule has 0 aliphatic carbocycles. The number of rotatable bonds is 10. The molecule has 0 unspecified atom stereocenters. The monoisotopic (exact) mass is 495 g/mol. The summed E-state index contributed by atoms with van der Waals surface area (Å²) in [6.45, 7) is 2.11. The third kappa shape index (κ3) is 6.47. The van der Waals surface area contributed by atoms with E-state index in [9.17, 15) is 24.0 Å². The van der Waals surface area contributed by atoms with Crippen LogP contribution in [-0.2, 0) is 14.4 Å². The molecule has 3 heterocycles.